The van der Waals surface area contributed by atoms with E-state index in [4.69, 9.17) is 4.42 Å². The maximum absolute atomic E-state index is 13.2. The summed E-state index contributed by atoms with van der Waals surface area (Å²) < 4.78 is 18.4. The number of amides is 2. The van der Waals surface area contributed by atoms with Gasteiger partial charge in [0, 0.05) is 50.8 Å². The Morgan fingerprint density at radius 2 is 1.76 bits per heavy atom. The Morgan fingerprint density at radius 1 is 1.00 bits per heavy atom. The summed E-state index contributed by atoms with van der Waals surface area (Å²) in [5.41, 5.74) is 1.94. The van der Waals surface area contributed by atoms with Crippen LogP contribution in [-0.4, -0.2) is 54.4 Å². The van der Waals surface area contributed by atoms with Gasteiger partial charge in [-0.1, -0.05) is 6.07 Å². The van der Waals surface area contributed by atoms with E-state index in [1.54, 1.807) is 36.7 Å². The normalized spacial score (nSPS) is 15.1. The molecule has 4 rings (SSSR count). The average molecular weight is 452 g/mol. The van der Waals surface area contributed by atoms with E-state index < -0.39 is 11.8 Å². The lowest BCUT2D eigenvalue weighted by molar-refractivity contribution is -0.139. The highest BCUT2D eigenvalue weighted by atomic mass is 19.1. The maximum Gasteiger partial charge on any atom is 0.309 e. The number of hydrogen-bond donors (Lipinski definition) is 2. The number of anilines is 1. The van der Waals surface area contributed by atoms with Crippen molar-refractivity contribution < 1.29 is 18.4 Å². The fourth-order valence-electron chi connectivity index (χ4n) is 3.91. The molecule has 1 atom stereocenters. The molecule has 0 unspecified atom stereocenters. The largest absolute Gasteiger partial charge is 0.467 e. The zero-order chi connectivity index (χ0) is 23.0. The summed E-state index contributed by atoms with van der Waals surface area (Å²) in [5.74, 6) is -1.08. The second-order valence-corrected chi connectivity index (χ2v) is 7.77. The Hall–Kier alpha value is -3.72. The highest BCUT2D eigenvalue weighted by Crippen LogP contribution is 2.23. The molecule has 1 fully saturated rings. The highest BCUT2D eigenvalue weighted by Gasteiger charge is 2.27. The first kappa shape index (κ1) is 22.5. The average Bonchev–Trinajstić information content (AvgIpc) is 3.38. The van der Waals surface area contributed by atoms with Crippen LogP contribution in [0.5, 0.6) is 0 Å². The summed E-state index contributed by atoms with van der Waals surface area (Å²) in [5, 5.41) is 5.30. The molecule has 3 heterocycles. The van der Waals surface area contributed by atoms with Crippen LogP contribution < -0.4 is 15.5 Å². The van der Waals surface area contributed by atoms with E-state index in [1.807, 2.05) is 12.1 Å². The van der Waals surface area contributed by atoms with Gasteiger partial charge in [-0.3, -0.25) is 19.5 Å². The van der Waals surface area contributed by atoms with Crippen molar-refractivity contribution >= 4 is 17.5 Å². The van der Waals surface area contributed by atoms with Gasteiger partial charge in [-0.05, 0) is 48.0 Å². The molecule has 0 radical (unpaired) electrons. The van der Waals surface area contributed by atoms with Crippen LogP contribution >= 0.6 is 0 Å². The van der Waals surface area contributed by atoms with Gasteiger partial charge in [0.25, 0.3) is 0 Å². The van der Waals surface area contributed by atoms with E-state index in [-0.39, 0.29) is 24.9 Å². The predicted molar refractivity (Wildman–Crippen MR) is 121 cm³/mol. The van der Waals surface area contributed by atoms with Gasteiger partial charge in [0.1, 0.15) is 11.6 Å². The van der Waals surface area contributed by atoms with Crippen molar-refractivity contribution in [2.75, 3.05) is 37.6 Å². The number of pyridine rings is 1. The quantitative estimate of drug-likeness (QED) is 0.535. The lowest BCUT2D eigenvalue weighted by Gasteiger charge is -2.40. The molecule has 8 nitrogen and oxygen atoms in total. The monoisotopic (exact) mass is 451 g/mol. The van der Waals surface area contributed by atoms with Gasteiger partial charge in [-0.25, -0.2) is 4.39 Å². The van der Waals surface area contributed by atoms with E-state index in [0.717, 1.165) is 37.4 Å². The third kappa shape index (κ3) is 5.95. The van der Waals surface area contributed by atoms with Crippen molar-refractivity contribution in [3.63, 3.8) is 0 Å². The number of aromatic nitrogens is 1. The molecule has 9 heteroatoms. The maximum atomic E-state index is 13.2. The number of nitrogens with zero attached hydrogens (tertiary/aromatic N) is 3. The lowest BCUT2D eigenvalue weighted by atomic mass is 10.1. The number of benzene rings is 1. The number of hydrogen-bond acceptors (Lipinski definition) is 6. The van der Waals surface area contributed by atoms with E-state index >= 15 is 0 Å². The Labute approximate surface area is 191 Å². The minimum absolute atomic E-state index is 0.129. The number of piperazine rings is 1. The molecular weight excluding hydrogens is 425 g/mol. The molecule has 0 saturated carbocycles. The van der Waals surface area contributed by atoms with Crippen molar-refractivity contribution in [2.24, 2.45) is 0 Å². The van der Waals surface area contributed by atoms with E-state index in [2.05, 4.69) is 25.4 Å². The second-order valence-electron chi connectivity index (χ2n) is 7.77. The topological polar surface area (TPSA) is 90.7 Å². The van der Waals surface area contributed by atoms with Gasteiger partial charge in [0.15, 0.2) is 0 Å². The van der Waals surface area contributed by atoms with E-state index in [1.165, 1.54) is 18.4 Å². The van der Waals surface area contributed by atoms with Crippen molar-refractivity contribution in [3.8, 4) is 0 Å². The Morgan fingerprint density at radius 3 is 2.42 bits per heavy atom. The first-order valence-corrected chi connectivity index (χ1v) is 10.8. The summed E-state index contributed by atoms with van der Waals surface area (Å²) in [7, 11) is 0. The highest BCUT2D eigenvalue weighted by molar-refractivity contribution is 6.35. The number of halogens is 1. The van der Waals surface area contributed by atoms with E-state index in [9.17, 15) is 14.0 Å². The summed E-state index contributed by atoms with van der Waals surface area (Å²) >= 11 is 0. The van der Waals surface area contributed by atoms with Gasteiger partial charge < -0.3 is 20.0 Å². The van der Waals surface area contributed by atoms with Crippen LogP contribution in [-0.2, 0) is 16.1 Å². The van der Waals surface area contributed by atoms with Gasteiger partial charge in [0.2, 0.25) is 0 Å². The molecule has 1 aliphatic heterocycles. The van der Waals surface area contributed by atoms with Crippen LogP contribution in [0.4, 0.5) is 10.1 Å². The first-order valence-electron chi connectivity index (χ1n) is 10.8. The minimum Gasteiger partial charge on any atom is -0.467 e. The molecule has 1 saturated heterocycles. The fourth-order valence-corrected chi connectivity index (χ4v) is 3.91. The number of furan rings is 1. The summed E-state index contributed by atoms with van der Waals surface area (Å²) in [6, 6.07) is 13.6. The summed E-state index contributed by atoms with van der Waals surface area (Å²) in [6.07, 6.45) is 4.99. The SMILES string of the molecule is O=C(NCc1ccco1)C(=O)NC[C@@H](c1cccnc1)N1CCN(c2ccc(F)cc2)CC1. The molecule has 2 amide bonds. The molecule has 0 spiro atoms. The number of rotatable bonds is 7. The molecule has 3 aromatic rings. The molecule has 2 N–H and O–H groups in total. The molecule has 1 aromatic carbocycles. The molecule has 2 aromatic heterocycles. The van der Waals surface area contributed by atoms with Crippen molar-refractivity contribution in [2.45, 2.75) is 12.6 Å². The van der Waals surface area contributed by atoms with Crippen LogP contribution in [0.3, 0.4) is 0 Å². The zero-order valence-electron chi connectivity index (χ0n) is 18.1. The molecule has 0 aliphatic carbocycles. The zero-order valence-corrected chi connectivity index (χ0v) is 18.1. The Balaban J connectivity index is 1.35. The van der Waals surface area contributed by atoms with Crippen molar-refractivity contribution in [1.29, 1.82) is 0 Å². The molecular formula is C24H26FN5O3. The summed E-state index contributed by atoms with van der Waals surface area (Å²) in [4.78, 5) is 33.2. The van der Waals surface area contributed by atoms with Crippen LogP contribution in [0.15, 0.2) is 71.6 Å². The van der Waals surface area contributed by atoms with Crippen LogP contribution in [0.25, 0.3) is 0 Å². The van der Waals surface area contributed by atoms with Crippen LogP contribution in [0, 0.1) is 5.82 Å². The van der Waals surface area contributed by atoms with Gasteiger partial charge >= 0.3 is 11.8 Å². The van der Waals surface area contributed by atoms with E-state index in [0.29, 0.717) is 5.76 Å². The number of carbonyl (C=O) groups is 2. The molecule has 33 heavy (non-hydrogen) atoms. The second kappa shape index (κ2) is 10.7. The smallest absolute Gasteiger partial charge is 0.309 e. The predicted octanol–water partition coefficient (Wildman–Crippen LogP) is 2.11. The fraction of sp³-hybridized carbons (Fsp3) is 0.292. The first-order chi connectivity index (χ1) is 16.1. The standard InChI is InChI=1S/C24H26FN5O3/c25-19-5-7-20(8-6-19)29-10-12-30(13-11-29)22(18-3-1-9-26-15-18)17-28-24(32)23(31)27-16-21-4-2-14-33-21/h1-9,14-15,22H,10-13,16-17H2,(H,27,31)(H,28,32)/t22-/m0/s1. The van der Waals surface area contributed by atoms with Crippen LogP contribution in [0.1, 0.15) is 17.4 Å². The number of nitrogens with one attached hydrogen (secondary N) is 2. The van der Waals surface area contributed by atoms with Crippen molar-refractivity contribution in [1.82, 2.24) is 20.5 Å². The third-order valence-corrected chi connectivity index (χ3v) is 5.68. The van der Waals surface area contributed by atoms with Gasteiger partial charge in [-0.15, -0.1) is 0 Å². The third-order valence-electron chi connectivity index (χ3n) is 5.68. The molecule has 1 aliphatic rings. The molecule has 0 bridgehead atoms. The Kier molecular flexibility index (Phi) is 7.31. The summed E-state index contributed by atoms with van der Waals surface area (Å²) in [6.45, 7) is 3.45. The lowest BCUT2D eigenvalue weighted by Crippen LogP contribution is -2.50. The van der Waals surface area contributed by atoms with Crippen LogP contribution in [0.2, 0.25) is 0 Å². The van der Waals surface area contributed by atoms with Crippen molar-refractivity contribution in [3.05, 3.63) is 84.3 Å². The van der Waals surface area contributed by atoms with Gasteiger partial charge in [-0.2, -0.15) is 0 Å². The number of carbonyl (C=O) groups excluding carboxylic acids is 2. The molecule has 172 valence electrons. The minimum atomic E-state index is -0.711. The van der Waals surface area contributed by atoms with Gasteiger partial charge in [0.05, 0.1) is 18.8 Å². The Bertz CT molecular complexity index is 1040.